The van der Waals surface area contributed by atoms with Crippen LogP contribution < -0.4 is 20.7 Å². The first kappa shape index (κ1) is 27.7. The maximum Gasteiger partial charge on any atom is 0.223 e. The number of nitriles is 1. The molecule has 4 aliphatic rings. The van der Waals surface area contributed by atoms with Crippen molar-refractivity contribution in [2.45, 2.75) is 32.4 Å². The predicted octanol–water partition coefficient (Wildman–Crippen LogP) is 3.14. The zero-order chi connectivity index (χ0) is 29.7. The van der Waals surface area contributed by atoms with Crippen molar-refractivity contribution in [3.8, 4) is 23.2 Å². The van der Waals surface area contributed by atoms with Gasteiger partial charge in [0.15, 0.2) is 5.65 Å². The molecule has 2 aliphatic heterocycles. The van der Waals surface area contributed by atoms with Crippen molar-refractivity contribution in [1.29, 1.82) is 5.26 Å². The maximum atomic E-state index is 12.4. The van der Waals surface area contributed by atoms with E-state index in [4.69, 9.17) is 20.2 Å². The van der Waals surface area contributed by atoms with Gasteiger partial charge in [0.25, 0.3) is 0 Å². The number of H-pyrrole nitrogens is 1. The zero-order valence-electron chi connectivity index (χ0n) is 24.6. The van der Waals surface area contributed by atoms with Crippen LogP contribution in [0, 0.1) is 35.0 Å². The number of allylic oxidation sites excluding steroid dienone is 1. The second-order valence-corrected chi connectivity index (χ2v) is 12.6. The minimum atomic E-state index is -0.334. The van der Waals surface area contributed by atoms with Gasteiger partial charge in [-0.1, -0.05) is 26.0 Å². The highest BCUT2D eigenvalue weighted by molar-refractivity contribution is 5.92. The van der Waals surface area contributed by atoms with Crippen LogP contribution in [0.3, 0.4) is 0 Å². The number of hydrogen-bond donors (Lipinski definition) is 3. The van der Waals surface area contributed by atoms with Crippen molar-refractivity contribution >= 4 is 28.4 Å². The molecule has 43 heavy (non-hydrogen) atoms. The first-order valence-electron chi connectivity index (χ1n) is 15.3. The van der Waals surface area contributed by atoms with Crippen molar-refractivity contribution < 1.29 is 14.3 Å². The van der Waals surface area contributed by atoms with Gasteiger partial charge in [0.1, 0.15) is 23.2 Å². The van der Waals surface area contributed by atoms with E-state index in [1.165, 1.54) is 6.20 Å². The Morgan fingerprint density at radius 2 is 2.02 bits per heavy atom. The smallest absolute Gasteiger partial charge is 0.223 e. The SMILES string of the molecule is CC(C)COc1cc(N2CCN(C3COC3)CC2)ccc1-c1nc2ncc(C#N)c(N[C@H]3[C@@H](C(N)=O)[C@@H]4C=C[C@H]3C4)c2[nH]1. The van der Waals surface area contributed by atoms with Crippen LogP contribution in [0.15, 0.2) is 36.5 Å². The molecule has 4 heterocycles. The molecule has 7 rings (SSSR count). The van der Waals surface area contributed by atoms with Gasteiger partial charge >= 0.3 is 0 Å². The van der Waals surface area contributed by atoms with Crippen LogP contribution >= 0.6 is 0 Å². The number of pyridine rings is 1. The van der Waals surface area contributed by atoms with E-state index in [0.717, 1.165) is 62.8 Å². The number of primary amides is 1. The van der Waals surface area contributed by atoms with Crippen LogP contribution in [-0.4, -0.2) is 83.8 Å². The average molecular weight is 583 g/mol. The number of benzene rings is 1. The fourth-order valence-electron chi connectivity index (χ4n) is 6.95. The summed E-state index contributed by atoms with van der Waals surface area (Å²) in [6.07, 6.45) is 6.65. The first-order valence-corrected chi connectivity index (χ1v) is 15.3. The van der Waals surface area contributed by atoms with Gasteiger partial charge in [-0.05, 0) is 36.3 Å². The van der Waals surface area contributed by atoms with Crippen molar-refractivity contribution in [1.82, 2.24) is 19.9 Å². The molecular weight excluding hydrogens is 544 g/mol. The van der Waals surface area contributed by atoms with Crippen molar-refractivity contribution in [3.05, 3.63) is 42.1 Å². The topological polar surface area (TPSA) is 145 Å². The third kappa shape index (κ3) is 5.08. The lowest BCUT2D eigenvalue weighted by Crippen LogP contribution is -2.56. The Morgan fingerprint density at radius 1 is 1.23 bits per heavy atom. The summed E-state index contributed by atoms with van der Waals surface area (Å²) in [5.74, 6) is 1.35. The number of fused-ring (bicyclic) bond motifs is 3. The van der Waals surface area contributed by atoms with E-state index in [9.17, 15) is 10.1 Å². The molecule has 2 bridgehead atoms. The van der Waals surface area contributed by atoms with Crippen LogP contribution in [0.5, 0.6) is 5.75 Å². The molecule has 11 heteroatoms. The van der Waals surface area contributed by atoms with Gasteiger partial charge in [0, 0.05) is 50.2 Å². The second kappa shape index (κ2) is 11.2. The van der Waals surface area contributed by atoms with Gasteiger partial charge in [-0.2, -0.15) is 5.26 Å². The minimum Gasteiger partial charge on any atom is -0.492 e. The summed E-state index contributed by atoms with van der Waals surface area (Å²) in [5, 5.41) is 13.5. The third-order valence-corrected chi connectivity index (χ3v) is 9.35. The number of amides is 1. The predicted molar refractivity (Wildman–Crippen MR) is 164 cm³/mol. The van der Waals surface area contributed by atoms with E-state index < -0.39 is 0 Å². The molecule has 2 aromatic heterocycles. The highest BCUT2D eigenvalue weighted by Gasteiger charge is 2.47. The Labute approximate surface area is 251 Å². The summed E-state index contributed by atoms with van der Waals surface area (Å²) in [7, 11) is 0. The molecule has 11 nitrogen and oxygen atoms in total. The van der Waals surface area contributed by atoms with E-state index in [-0.39, 0.29) is 29.7 Å². The third-order valence-electron chi connectivity index (χ3n) is 9.35. The van der Waals surface area contributed by atoms with Gasteiger partial charge in [-0.15, -0.1) is 0 Å². The molecule has 1 aromatic carbocycles. The normalized spacial score (nSPS) is 25.3. The lowest BCUT2D eigenvalue weighted by Gasteiger charge is -2.43. The molecule has 2 aliphatic carbocycles. The summed E-state index contributed by atoms with van der Waals surface area (Å²) >= 11 is 0. The van der Waals surface area contributed by atoms with E-state index in [1.54, 1.807) is 0 Å². The minimum absolute atomic E-state index is 0.120. The first-order chi connectivity index (χ1) is 20.9. The molecule has 1 saturated carbocycles. The fraction of sp³-hybridized carbons (Fsp3) is 0.500. The van der Waals surface area contributed by atoms with Crippen molar-refractivity contribution in [2.24, 2.45) is 29.4 Å². The molecule has 4 atom stereocenters. The number of carbonyl (C=O) groups is 1. The second-order valence-electron chi connectivity index (χ2n) is 12.6. The molecule has 1 amide bonds. The van der Waals surface area contributed by atoms with E-state index in [2.05, 4.69) is 75.4 Å². The summed E-state index contributed by atoms with van der Waals surface area (Å²) in [6.45, 7) is 10.4. The van der Waals surface area contributed by atoms with Crippen molar-refractivity contribution in [2.75, 3.05) is 56.2 Å². The van der Waals surface area contributed by atoms with Crippen LogP contribution in [-0.2, 0) is 9.53 Å². The Kier molecular flexibility index (Phi) is 7.19. The molecule has 0 unspecified atom stereocenters. The lowest BCUT2D eigenvalue weighted by atomic mass is 9.88. The number of nitrogens with one attached hydrogen (secondary N) is 2. The number of hydrogen-bond acceptors (Lipinski definition) is 9. The number of nitrogens with two attached hydrogens (primary N) is 1. The van der Waals surface area contributed by atoms with Gasteiger partial charge < -0.3 is 30.4 Å². The zero-order valence-corrected chi connectivity index (χ0v) is 24.6. The number of anilines is 2. The highest BCUT2D eigenvalue weighted by atomic mass is 16.5. The number of ether oxygens (including phenoxy) is 2. The highest BCUT2D eigenvalue weighted by Crippen LogP contribution is 2.46. The number of imidazole rings is 1. The molecule has 3 fully saturated rings. The van der Waals surface area contributed by atoms with Crippen LogP contribution in [0.2, 0.25) is 0 Å². The molecule has 3 aromatic rings. The van der Waals surface area contributed by atoms with Gasteiger partial charge in [-0.3, -0.25) is 9.69 Å². The van der Waals surface area contributed by atoms with E-state index in [1.807, 2.05) is 0 Å². The Morgan fingerprint density at radius 3 is 2.72 bits per heavy atom. The summed E-state index contributed by atoms with van der Waals surface area (Å²) in [6, 6.07) is 8.90. The molecule has 224 valence electrons. The summed E-state index contributed by atoms with van der Waals surface area (Å²) < 4.78 is 11.8. The van der Waals surface area contributed by atoms with Crippen LogP contribution in [0.1, 0.15) is 25.8 Å². The lowest BCUT2D eigenvalue weighted by molar-refractivity contribution is -0.122. The number of aromatic nitrogens is 3. The molecule has 0 spiro atoms. The van der Waals surface area contributed by atoms with Gasteiger partial charge in [0.2, 0.25) is 5.91 Å². The standard InChI is InChI=1S/C32H38N8O3/c1-18(2)15-43-25-12-22(39-7-9-40(10-8-39)23-16-42-17-23)5-6-24(25)31-37-29-28(21(13-33)14-35-32(29)38-31)36-27-20-4-3-19(11-20)26(27)30(34)41/h3-6,12,14,18-20,23,26-27H,7-11,15-17H2,1-2H3,(H2,34,41)(H2,35,36,37,38)/t19-,20+,26+,27-/m1/s1. The maximum absolute atomic E-state index is 12.4. The molecular formula is C32H38N8O3. The summed E-state index contributed by atoms with van der Waals surface area (Å²) in [5.41, 5.74) is 9.86. The summed E-state index contributed by atoms with van der Waals surface area (Å²) in [4.78, 5) is 30.1. The fourth-order valence-corrected chi connectivity index (χ4v) is 6.95. The Hall–Kier alpha value is -4.14. The molecule has 2 saturated heterocycles. The van der Waals surface area contributed by atoms with E-state index >= 15 is 0 Å². The van der Waals surface area contributed by atoms with Crippen LogP contribution in [0.25, 0.3) is 22.6 Å². The Bertz CT molecular complexity index is 1600. The number of carbonyl (C=O) groups excluding carboxylic acids is 1. The number of aromatic amines is 1. The number of piperazine rings is 1. The van der Waals surface area contributed by atoms with Crippen LogP contribution in [0.4, 0.5) is 11.4 Å². The monoisotopic (exact) mass is 582 g/mol. The molecule has 4 N–H and O–H groups in total. The molecule has 0 radical (unpaired) electrons. The van der Waals surface area contributed by atoms with Crippen molar-refractivity contribution in [3.63, 3.8) is 0 Å². The Balaban J connectivity index is 1.21. The quantitative estimate of drug-likeness (QED) is 0.324. The van der Waals surface area contributed by atoms with Gasteiger partial charge in [-0.25, -0.2) is 9.97 Å². The van der Waals surface area contributed by atoms with Gasteiger partial charge in [0.05, 0.1) is 48.6 Å². The average Bonchev–Trinajstić information content (AvgIpc) is 3.71. The number of nitrogens with zero attached hydrogens (tertiary/aromatic N) is 5. The number of rotatable bonds is 9. The largest absolute Gasteiger partial charge is 0.492 e. The van der Waals surface area contributed by atoms with E-state index in [0.29, 0.717) is 46.8 Å².